The third kappa shape index (κ3) is 3.48. The summed E-state index contributed by atoms with van der Waals surface area (Å²) in [5, 5.41) is 2.86. The van der Waals surface area contributed by atoms with Gasteiger partial charge in [-0.3, -0.25) is 4.79 Å². The molecule has 0 bridgehead atoms. The predicted molar refractivity (Wildman–Crippen MR) is 86.4 cm³/mol. The van der Waals surface area contributed by atoms with Gasteiger partial charge in [0.2, 0.25) is 9.84 Å². The highest BCUT2D eigenvalue weighted by atomic mass is 32.2. The summed E-state index contributed by atoms with van der Waals surface area (Å²) in [5.74, 6) is -3.20. The van der Waals surface area contributed by atoms with Gasteiger partial charge in [0.15, 0.2) is 0 Å². The first-order valence-electron chi connectivity index (χ1n) is 7.54. The van der Waals surface area contributed by atoms with E-state index in [1.54, 1.807) is 0 Å². The summed E-state index contributed by atoms with van der Waals surface area (Å²) < 4.78 is 53.4. The molecule has 5 nitrogen and oxygen atoms in total. The average Bonchev–Trinajstić information content (AvgIpc) is 2.62. The van der Waals surface area contributed by atoms with Crippen LogP contribution in [-0.4, -0.2) is 26.7 Å². The quantitative estimate of drug-likeness (QED) is 0.902. The zero-order valence-corrected chi connectivity index (χ0v) is 13.8. The van der Waals surface area contributed by atoms with Crippen molar-refractivity contribution < 1.29 is 26.7 Å². The number of sulfone groups is 1. The standard InChI is InChI=1S/C17H15F2NO4S/c18-17(19)25(22,23)12-7-5-11(6-8-12)16(21)20-14-9-10-24-15-4-2-1-3-13(14)15/h1-8,14,17H,9-10H2,(H,20,21). The normalized spacial score (nSPS) is 16.8. The maximum absolute atomic E-state index is 12.5. The molecule has 0 saturated carbocycles. The zero-order valence-electron chi connectivity index (χ0n) is 13.0. The van der Waals surface area contributed by atoms with Crippen LogP contribution in [0.15, 0.2) is 53.4 Å². The highest BCUT2D eigenvalue weighted by molar-refractivity contribution is 7.91. The van der Waals surface area contributed by atoms with Crippen LogP contribution in [0, 0.1) is 0 Å². The molecule has 0 aliphatic carbocycles. The van der Waals surface area contributed by atoms with Crippen molar-refractivity contribution in [2.45, 2.75) is 23.1 Å². The first-order valence-corrected chi connectivity index (χ1v) is 9.09. The zero-order chi connectivity index (χ0) is 18.0. The Morgan fingerprint density at radius 2 is 1.80 bits per heavy atom. The van der Waals surface area contributed by atoms with Crippen LogP contribution in [0.3, 0.4) is 0 Å². The summed E-state index contributed by atoms with van der Waals surface area (Å²) in [6, 6.07) is 11.6. The number of halogens is 2. The van der Waals surface area contributed by atoms with Gasteiger partial charge in [-0.25, -0.2) is 8.42 Å². The molecule has 0 saturated heterocycles. The minimum Gasteiger partial charge on any atom is -0.493 e. The van der Waals surface area contributed by atoms with Gasteiger partial charge in [-0.05, 0) is 30.3 Å². The van der Waals surface area contributed by atoms with Crippen molar-refractivity contribution in [1.29, 1.82) is 0 Å². The van der Waals surface area contributed by atoms with Crippen LogP contribution in [0.25, 0.3) is 0 Å². The molecule has 1 aliphatic heterocycles. The van der Waals surface area contributed by atoms with Gasteiger partial charge in [-0.1, -0.05) is 18.2 Å². The SMILES string of the molecule is O=C(NC1CCOc2ccccc21)c1ccc(S(=O)(=O)C(F)F)cc1. The van der Waals surface area contributed by atoms with E-state index in [0.717, 1.165) is 17.7 Å². The smallest absolute Gasteiger partial charge is 0.341 e. The highest BCUT2D eigenvalue weighted by Gasteiger charge is 2.27. The molecule has 2 aromatic rings. The molecule has 132 valence electrons. The number of ether oxygens (including phenoxy) is 1. The number of amides is 1. The number of para-hydroxylation sites is 1. The van der Waals surface area contributed by atoms with E-state index < -0.39 is 26.4 Å². The lowest BCUT2D eigenvalue weighted by Gasteiger charge is -2.26. The molecule has 0 aromatic heterocycles. The van der Waals surface area contributed by atoms with Crippen LogP contribution in [0.1, 0.15) is 28.4 Å². The Hall–Kier alpha value is -2.48. The second-order valence-electron chi connectivity index (χ2n) is 5.53. The molecule has 2 aromatic carbocycles. The molecule has 0 fully saturated rings. The fourth-order valence-electron chi connectivity index (χ4n) is 2.63. The van der Waals surface area contributed by atoms with E-state index in [9.17, 15) is 22.0 Å². The molecule has 3 rings (SSSR count). The van der Waals surface area contributed by atoms with Gasteiger partial charge in [-0.2, -0.15) is 8.78 Å². The van der Waals surface area contributed by atoms with Crippen LogP contribution >= 0.6 is 0 Å². The molecule has 1 unspecified atom stereocenters. The fraction of sp³-hybridized carbons (Fsp3) is 0.235. The van der Waals surface area contributed by atoms with E-state index in [-0.39, 0.29) is 11.6 Å². The molecule has 0 radical (unpaired) electrons. The van der Waals surface area contributed by atoms with E-state index in [2.05, 4.69) is 5.32 Å². The number of nitrogens with one attached hydrogen (secondary N) is 1. The maximum Gasteiger partial charge on any atom is 0.341 e. The topological polar surface area (TPSA) is 72.5 Å². The molecular weight excluding hydrogens is 352 g/mol. The lowest BCUT2D eigenvalue weighted by atomic mass is 10.00. The second kappa shape index (κ2) is 6.79. The molecule has 0 spiro atoms. The number of hydrogen-bond acceptors (Lipinski definition) is 4. The molecular formula is C17H15F2NO4S. The summed E-state index contributed by atoms with van der Waals surface area (Å²) in [4.78, 5) is 11.8. The van der Waals surface area contributed by atoms with Crippen molar-refractivity contribution in [3.8, 4) is 5.75 Å². The third-order valence-corrected chi connectivity index (χ3v) is 5.34. The maximum atomic E-state index is 12.5. The number of rotatable bonds is 4. The van der Waals surface area contributed by atoms with Gasteiger partial charge in [0.1, 0.15) is 5.75 Å². The average molecular weight is 367 g/mol. The Balaban J connectivity index is 1.77. The van der Waals surface area contributed by atoms with Crippen LogP contribution < -0.4 is 10.1 Å². The highest BCUT2D eigenvalue weighted by Crippen LogP contribution is 2.31. The Morgan fingerprint density at radius 1 is 1.12 bits per heavy atom. The lowest BCUT2D eigenvalue weighted by Crippen LogP contribution is -2.32. The van der Waals surface area contributed by atoms with Crippen LogP contribution in [-0.2, 0) is 9.84 Å². The van der Waals surface area contributed by atoms with Crippen LogP contribution in [0.5, 0.6) is 5.75 Å². The van der Waals surface area contributed by atoms with Gasteiger partial charge in [0.25, 0.3) is 5.91 Å². The number of alkyl halides is 2. The minimum absolute atomic E-state index is 0.192. The van der Waals surface area contributed by atoms with E-state index in [4.69, 9.17) is 4.74 Å². The number of hydrogen-bond donors (Lipinski definition) is 1. The summed E-state index contributed by atoms with van der Waals surface area (Å²) in [6.45, 7) is 0.466. The molecule has 1 heterocycles. The number of benzene rings is 2. The summed E-state index contributed by atoms with van der Waals surface area (Å²) in [7, 11) is -4.67. The minimum atomic E-state index is -4.67. The van der Waals surface area contributed by atoms with E-state index in [1.165, 1.54) is 12.1 Å². The van der Waals surface area contributed by atoms with Gasteiger partial charge >= 0.3 is 5.76 Å². The first kappa shape index (κ1) is 17.3. The van der Waals surface area contributed by atoms with E-state index in [1.807, 2.05) is 24.3 Å². The summed E-state index contributed by atoms with van der Waals surface area (Å²) in [5.41, 5.74) is 1.05. The van der Waals surface area contributed by atoms with Crippen molar-refractivity contribution in [3.63, 3.8) is 0 Å². The predicted octanol–water partition coefficient (Wildman–Crippen LogP) is 2.94. The fourth-order valence-corrected chi connectivity index (χ4v) is 3.35. The number of fused-ring (bicyclic) bond motifs is 1. The summed E-state index contributed by atoms with van der Waals surface area (Å²) >= 11 is 0. The Labute approximate surface area is 143 Å². The number of carbonyl (C=O) groups excluding carboxylic acids is 1. The molecule has 1 N–H and O–H groups in total. The van der Waals surface area contributed by atoms with E-state index in [0.29, 0.717) is 18.8 Å². The van der Waals surface area contributed by atoms with Crippen molar-refractivity contribution in [3.05, 3.63) is 59.7 Å². The van der Waals surface area contributed by atoms with Crippen molar-refractivity contribution in [2.24, 2.45) is 0 Å². The first-order chi connectivity index (χ1) is 11.9. The van der Waals surface area contributed by atoms with Gasteiger partial charge in [0.05, 0.1) is 17.5 Å². The van der Waals surface area contributed by atoms with Gasteiger partial charge < -0.3 is 10.1 Å². The Morgan fingerprint density at radius 3 is 2.48 bits per heavy atom. The molecule has 25 heavy (non-hydrogen) atoms. The Bertz CT molecular complexity index is 882. The lowest BCUT2D eigenvalue weighted by molar-refractivity contribution is 0.0924. The second-order valence-corrected chi connectivity index (χ2v) is 7.45. The van der Waals surface area contributed by atoms with Crippen molar-refractivity contribution in [1.82, 2.24) is 5.32 Å². The third-order valence-electron chi connectivity index (χ3n) is 3.94. The monoisotopic (exact) mass is 367 g/mol. The molecule has 1 aliphatic rings. The van der Waals surface area contributed by atoms with Crippen LogP contribution in [0.2, 0.25) is 0 Å². The summed E-state index contributed by atoms with van der Waals surface area (Å²) in [6.07, 6.45) is 0.598. The van der Waals surface area contributed by atoms with Crippen LogP contribution in [0.4, 0.5) is 8.78 Å². The largest absolute Gasteiger partial charge is 0.493 e. The van der Waals surface area contributed by atoms with Crippen molar-refractivity contribution in [2.75, 3.05) is 6.61 Å². The van der Waals surface area contributed by atoms with Crippen molar-refractivity contribution >= 4 is 15.7 Å². The molecule has 8 heteroatoms. The van der Waals surface area contributed by atoms with Gasteiger partial charge in [-0.15, -0.1) is 0 Å². The molecule has 1 amide bonds. The number of carbonyl (C=O) groups is 1. The van der Waals surface area contributed by atoms with E-state index >= 15 is 0 Å². The molecule has 1 atom stereocenters. The van der Waals surface area contributed by atoms with Gasteiger partial charge in [0, 0.05) is 17.5 Å². The Kier molecular flexibility index (Phi) is 4.71.